The molecule has 0 fully saturated rings. The fourth-order valence-electron chi connectivity index (χ4n) is 5.56. The van der Waals surface area contributed by atoms with Gasteiger partial charge in [-0.25, -0.2) is 0 Å². The predicted octanol–water partition coefficient (Wildman–Crippen LogP) is 14.0. The summed E-state index contributed by atoms with van der Waals surface area (Å²) >= 11 is 0. The first-order valence-electron chi connectivity index (χ1n) is 21.2. The molecule has 0 aromatic rings. The number of esters is 1. The minimum absolute atomic E-state index is 0.187. The van der Waals surface area contributed by atoms with Crippen LogP contribution in [0.4, 0.5) is 0 Å². The monoisotopic (exact) mass is 709 g/mol. The van der Waals surface area contributed by atoms with E-state index in [2.05, 4.69) is 98.9 Å². The largest absolute Gasteiger partial charge is 0.457 e. The zero-order valence-corrected chi connectivity index (χ0v) is 33.3. The fourth-order valence-corrected chi connectivity index (χ4v) is 5.56. The Labute approximate surface area is 316 Å². The van der Waals surface area contributed by atoms with Gasteiger partial charge in [0.15, 0.2) is 0 Å². The van der Waals surface area contributed by atoms with Gasteiger partial charge in [0, 0.05) is 13.0 Å². The summed E-state index contributed by atoms with van der Waals surface area (Å²) in [5.74, 6) is -0.221. The minimum Gasteiger partial charge on any atom is -0.457 e. The summed E-state index contributed by atoms with van der Waals surface area (Å²) in [6.07, 6.45) is 60.6. The van der Waals surface area contributed by atoms with Crippen LogP contribution in [0.1, 0.15) is 181 Å². The molecular formula is C47H80O4. The molecule has 4 nitrogen and oxygen atoms in total. The lowest BCUT2D eigenvalue weighted by molar-refractivity contribution is -0.154. The summed E-state index contributed by atoms with van der Waals surface area (Å²) in [6.45, 7) is 5.16. The fraction of sp³-hybridized carbons (Fsp3) is 0.681. The Morgan fingerprint density at radius 1 is 0.490 bits per heavy atom. The van der Waals surface area contributed by atoms with E-state index in [0.29, 0.717) is 13.0 Å². The van der Waals surface area contributed by atoms with Crippen LogP contribution in [0.15, 0.2) is 85.1 Å². The first-order chi connectivity index (χ1) is 25.2. The molecule has 0 spiro atoms. The van der Waals surface area contributed by atoms with Gasteiger partial charge in [-0.05, 0) is 89.9 Å². The molecule has 0 saturated carbocycles. The third-order valence-corrected chi connectivity index (χ3v) is 8.70. The number of aliphatic hydroxyl groups is 1. The average Bonchev–Trinajstić information content (AvgIpc) is 3.14. The van der Waals surface area contributed by atoms with Crippen LogP contribution in [0.5, 0.6) is 0 Å². The maximum atomic E-state index is 12.2. The van der Waals surface area contributed by atoms with E-state index in [1.165, 1.54) is 83.5 Å². The Kier molecular flexibility index (Phi) is 41.6. The minimum atomic E-state index is -0.552. The number of aliphatic hydroxyl groups excluding tert-OH is 1. The van der Waals surface area contributed by atoms with E-state index < -0.39 is 6.10 Å². The molecular weight excluding hydrogens is 629 g/mol. The van der Waals surface area contributed by atoms with Gasteiger partial charge < -0.3 is 14.6 Å². The summed E-state index contributed by atoms with van der Waals surface area (Å²) in [6, 6.07) is 0. The number of ether oxygens (including phenoxy) is 2. The van der Waals surface area contributed by atoms with Crippen molar-refractivity contribution in [3.05, 3.63) is 85.1 Å². The zero-order chi connectivity index (χ0) is 37.0. The molecule has 4 heteroatoms. The number of unbranched alkanes of at least 4 members (excludes halogenated alkanes) is 16. The summed E-state index contributed by atoms with van der Waals surface area (Å²) in [4.78, 5) is 12.2. The van der Waals surface area contributed by atoms with Crippen molar-refractivity contribution in [2.24, 2.45) is 0 Å². The van der Waals surface area contributed by atoms with Gasteiger partial charge in [0.25, 0.3) is 0 Å². The summed E-state index contributed by atoms with van der Waals surface area (Å²) in [5, 5.41) is 9.60. The molecule has 0 bridgehead atoms. The van der Waals surface area contributed by atoms with Crippen molar-refractivity contribution in [3.8, 4) is 0 Å². The van der Waals surface area contributed by atoms with Crippen molar-refractivity contribution in [2.45, 2.75) is 187 Å². The first-order valence-corrected chi connectivity index (χ1v) is 21.2. The zero-order valence-electron chi connectivity index (χ0n) is 33.3. The average molecular weight is 709 g/mol. The van der Waals surface area contributed by atoms with Crippen LogP contribution < -0.4 is 0 Å². The molecule has 292 valence electrons. The number of allylic oxidation sites excluding steroid dienone is 14. The van der Waals surface area contributed by atoms with Crippen molar-refractivity contribution in [1.29, 1.82) is 0 Å². The van der Waals surface area contributed by atoms with Gasteiger partial charge in [0.1, 0.15) is 6.10 Å². The molecule has 0 aromatic heterocycles. The van der Waals surface area contributed by atoms with E-state index in [9.17, 15) is 9.90 Å². The van der Waals surface area contributed by atoms with Crippen molar-refractivity contribution in [3.63, 3.8) is 0 Å². The molecule has 0 rings (SSSR count). The molecule has 0 aliphatic carbocycles. The third kappa shape index (κ3) is 41.9. The van der Waals surface area contributed by atoms with Crippen molar-refractivity contribution in [1.82, 2.24) is 0 Å². The molecule has 0 saturated heterocycles. The van der Waals surface area contributed by atoms with Gasteiger partial charge in [0.05, 0.1) is 13.2 Å². The Hall–Kier alpha value is -2.43. The molecule has 1 atom stereocenters. The molecule has 0 heterocycles. The summed E-state index contributed by atoms with van der Waals surface area (Å²) in [5.41, 5.74) is 0. The topological polar surface area (TPSA) is 55.8 Å². The van der Waals surface area contributed by atoms with Crippen molar-refractivity contribution in [2.75, 3.05) is 19.8 Å². The summed E-state index contributed by atoms with van der Waals surface area (Å²) < 4.78 is 11.1. The van der Waals surface area contributed by atoms with Gasteiger partial charge in [-0.1, -0.05) is 170 Å². The van der Waals surface area contributed by atoms with Gasteiger partial charge in [-0.15, -0.1) is 0 Å². The lowest BCUT2D eigenvalue weighted by Gasteiger charge is -2.15. The Morgan fingerprint density at radius 2 is 0.882 bits per heavy atom. The van der Waals surface area contributed by atoms with Crippen LogP contribution in [0, 0.1) is 0 Å². The van der Waals surface area contributed by atoms with E-state index >= 15 is 0 Å². The van der Waals surface area contributed by atoms with Crippen LogP contribution in [0.3, 0.4) is 0 Å². The van der Waals surface area contributed by atoms with E-state index in [0.717, 1.165) is 77.0 Å². The quantitative estimate of drug-likeness (QED) is 0.0394. The lowest BCUT2D eigenvalue weighted by Crippen LogP contribution is -2.27. The Morgan fingerprint density at radius 3 is 1.33 bits per heavy atom. The second-order valence-corrected chi connectivity index (χ2v) is 13.7. The molecule has 0 aromatic carbocycles. The molecule has 0 aliphatic rings. The molecule has 0 radical (unpaired) electrons. The van der Waals surface area contributed by atoms with Crippen LogP contribution in [-0.2, 0) is 14.3 Å². The van der Waals surface area contributed by atoms with Crippen molar-refractivity contribution < 1.29 is 19.4 Å². The van der Waals surface area contributed by atoms with Crippen LogP contribution in [-0.4, -0.2) is 37.0 Å². The number of carbonyl (C=O) groups excluding carboxylic acids is 1. The van der Waals surface area contributed by atoms with Gasteiger partial charge >= 0.3 is 5.97 Å². The second-order valence-electron chi connectivity index (χ2n) is 13.7. The van der Waals surface area contributed by atoms with Gasteiger partial charge in [0.2, 0.25) is 0 Å². The first kappa shape index (κ1) is 48.6. The molecule has 0 aliphatic heterocycles. The van der Waals surface area contributed by atoms with Gasteiger partial charge in [-0.2, -0.15) is 0 Å². The molecule has 51 heavy (non-hydrogen) atoms. The van der Waals surface area contributed by atoms with E-state index in [4.69, 9.17) is 9.47 Å². The predicted molar refractivity (Wildman–Crippen MR) is 223 cm³/mol. The number of carbonyl (C=O) groups is 1. The number of rotatable bonds is 38. The summed E-state index contributed by atoms with van der Waals surface area (Å²) in [7, 11) is 0. The van der Waals surface area contributed by atoms with Crippen molar-refractivity contribution >= 4 is 5.97 Å². The maximum absolute atomic E-state index is 12.2. The molecule has 1 N–H and O–H groups in total. The molecule has 1 unspecified atom stereocenters. The normalized spacial score (nSPS) is 13.2. The maximum Gasteiger partial charge on any atom is 0.306 e. The highest BCUT2D eigenvalue weighted by Crippen LogP contribution is 2.12. The SMILES string of the molecule is CC/C=C\C/C=C\C/C=C\C/C=C\CCCCCCCCCOCC(CO)OC(=O)CCCCCCCC/C=C\C/C=C\C/C=C\CCCCC. The van der Waals surface area contributed by atoms with Gasteiger partial charge in [-0.3, -0.25) is 4.79 Å². The van der Waals surface area contributed by atoms with E-state index in [1.807, 2.05) is 0 Å². The standard InChI is InChI=1S/C47H80O4/c1-3-5-7-9-11-13-15-17-19-21-23-25-27-29-31-33-35-37-39-41-43-50-45-46(44-48)51-47(49)42-40-38-36-34-32-30-28-26-24-22-20-18-16-14-12-10-8-6-4-2/h5,7,11-14,17-20,23-26,46,48H,3-4,6,8-10,15-16,21-22,27-45H2,1-2H3/b7-5-,13-11-,14-12-,19-17-,20-18-,25-23-,26-24-. The highest BCUT2D eigenvalue weighted by atomic mass is 16.6. The highest BCUT2D eigenvalue weighted by molar-refractivity contribution is 5.69. The smallest absolute Gasteiger partial charge is 0.306 e. The van der Waals surface area contributed by atoms with E-state index in [1.54, 1.807) is 0 Å². The van der Waals surface area contributed by atoms with Crippen LogP contribution in [0.25, 0.3) is 0 Å². The Bertz CT molecular complexity index is 923. The van der Waals surface area contributed by atoms with Crippen LogP contribution >= 0.6 is 0 Å². The van der Waals surface area contributed by atoms with Crippen LogP contribution in [0.2, 0.25) is 0 Å². The molecule has 0 amide bonds. The number of hydrogen-bond donors (Lipinski definition) is 1. The van der Waals surface area contributed by atoms with E-state index in [-0.39, 0.29) is 19.2 Å². The highest BCUT2D eigenvalue weighted by Gasteiger charge is 2.13. The lowest BCUT2D eigenvalue weighted by atomic mass is 10.1. The third-order valence-electron chi connectivity index (χ3n) is 8.70. The second kappa shape index (κ2) is 43.7. The number of hydrogen-bond acceptors (Lipinski definition) is 4. The Balaban J connectivity index is 3.52.